The van der Waals surface area contributed by atoms with E-state index in [1.165, 1.54) is 12.8 Å². The molecule has 6 rings (SSSR count). The minimum Gasteiger partial charge on any atom is -0.484 e. The van der Waals surface area contributed by atoms with Crippen LogP contribution in [-0.4, -0.2) is 71.6 Å². The summed E-state index contributed by atoms with van der Waals surface area (Å²) in [6.07, 6.45) is 6.27. The summed E-state index contributed by atoms with van der Waals surface area (Å²) in [6.45, 7) is 8.26. The molecule has 1 saturated carbocycles. The van der Waals surface area contributed by atoms with Gasteiger partial charge in [0.15, 0.2) is 11.6 Å². The number of halogens is 1. The third kappa shape index (κ3) is 4.34. The third-order valence-electron chi connectivity index (χ3n) is 7.21. The molecule has 0 amide bonds. The van der Waals surface area contributed by atoms with Crippen molar-refractivity contribution in [2.75, 3.05) is 44.2 Å². The van der Waals surface area contributed by atoms with Gasteiger partial charge in [-0.1, -0.05) is 0 Å². The Hall–Kier alpha value is -2.58. The molecule has 2 aromatic rings. The Balaban J connectivity index is 1.17. The highest BCUT2D eigenvalue weighted by Gasteiger charge is 2.41. The van der Waals surface area contributed by atoms with Crippen LogP contribution in [-0.2, 0) is 11.3 Å². The van der Waals surface area contributed by atoms with Crippen molar-refractivity contribution in [1.29, 1.82) is 0 Å². The predicted octanol–water partition coefficient (Wildman–Crippen LogP) is 3.20. The third-order valence-corrected chi connectivity index (χ3v) is 7.21. The van der Waals surface area contributed by atoms with E-state index in [0.717, 1.165) is 80.5 Å². The van der Waals surface area contributed by atoms with E-state index >= 15 is 0 Å². The van der Waals surface area contributed by atoms with Gasteiger partial charge in [0, 0.05) is 51.0 Å². The van der Waals surface area contributed by atoms with Gasteiger partial charge in [-0.05, 0) is 50.3 Å². The van der Waals surface area contributed by atoms with Crippen LogP contribution in [0.1, 0.15) is 49.4 Å². The number of aliphatic imine (C=N–C) groups is 1. The largest absolute Gasteiger partial charge is 0.484 e. The van der Waals surface area contributed by atoms with Crippen LogP contribution in [0, 0.1) is 5.82 Å². The summed E-state index contributed by atoms with van der Waals surface area (Å²) < 4.78 is 26.3. The fourth-order valence-corrected chi connectivity index (χ4v) is 4.92. The van der Waals surface area contributed by atoms with Crippen molar-refractivity contribution >= 4 is 11.5 Å². The molecule has 174 valence electrons. The predicted molar refractivity (Wildman–Crippen MR) is 124 cm³/mol. The van der Waals surface area contributed by atoms with Crippen LogP contribution in [0.5, 0.6) is 5.75 Å². The van der Waals surface area contributed by atoms with Crippen LogP contribution in [0.4, 0.5) is 10.2 Å². The van der Waals surface area contributed by atoms with Crippen molar-refractivity contribution < 1.29 is 13.9 Å². The lowest BCUT2D eigenvalue weighted by Gasteiger charge is -2.36. The summed E-state index contributed by atoms with van der Waals surface area (Å²) in [4.78, 5) is 18.5. The van der Waals surface area contributed by atoms with Crippen molar-refractivity contribution in [3.05, 3.63) is 47.2 Å². The molecule has 4 aliphatic rings. The minimum atomic E-state index is -0.317. The summed E-state index contributed by atoms with van der Waals surface area (Å²) in [5.74, 6) is 0.902. The highest BCUT2D eigenvalue weighted by molar-refractivity contribution is 6.14. The normalized spacial score (nSPS) is 24.0. The second-order valence-electron chi connectivity index (χ2n) is 9.84. The van der Waals surface area contributed by atoms with E-state index in [2.05, 4.69) is 24.8 Å². The Labute approximate surface area is 193 Å². The van der Waals surface area contributed by atoms with Gasteiger partial charge in [-0.15, -0.1) is 0 Å². The Morgan fingerprint density at radius 2 is 2.00 bits per heavy atom. The van der Waals surface area contributed by atoms with Gasteiger partial charge in [0.1, 0.15) is 17.7 Å². The maximum absolute atomic E-state index is 14.6. The van der Waals surface area contributed by atoms with E-state index in [-0.39, 0.29) is 11.4 Å². The van der Waals surface area contributed by atoms with Crippen LogP contribution in [0.2, 0.25) is 0 Å². The van der Waals surface area contributed by atoms with Gasteiger partial charge < -0.3 is 14.4 Å². The van der Waals surface area contributed by atoms with Gasteiger partial charge in [-0.25, -0.2) is 14.4 Å². The van der Waals surface area contributed by atoms with Crippen molar-refractivity contribution in [2.24, 2.45) is 4.99 Å². The fraction of sp³-hybridized carbons (Fsp3) is 0.560. The van der Waals surface area contributed by atoms with Crippen molar-refractivity contribution in [3.8, 4) is 5.75 Å². The topological polar surface area (TPSA) is 63.1 Å². The molecule has 0 radical (unpaired) electrons. The molecule has 1 atom stereocenters. The van der Waals surface area contributed by atoms with E-state index in [9.17, 15) is 4.39 Å². The molecule has 0 bridgehead atoms. The summed E-state index contributed by atoms with van der Waals surface area (Å²) in [7, 11) is 0. The molecule has 1 aliphatic carbocycles. The average Bonchev–Trinajstić information content (AvgIpc) is 3.18. The second-order valence-corrected chi connectivity index (χ2v) is 9.84. The molecule has 3 aliphatic heterocycles. The Morgan fingerprint density at radius 1 is 1.15 bits per heavy atom. The number of benzene rings is 1. The van der Waals surface area contributed by atoms with Gasteiger partial charge >= 0.3 is 0 Å². The lowest BCUT2D eigenvalue weighted by atomic mass is 10.0. The number of aromatic nitrogens is 2. The Morgan fingerprint density at radius 3 is 2.76 bits per heavy atom. The van der Waals surface area contributed by atoms with Crippen LogP contribution in [0.15, 0.2) is 29.5 Å². The first kappa shape index (κ1) is 21.0. The molecule has 1 aromatic carbocycles. The number of anilines is 1. The molecule has 1 unspecified atom stereocenters. The van der Waals surface area contributed by atoms with Crippen LogP contribution < -0.4 is 9.64 Å². The lowest BCUT2D eigenvalue weighted by Crippen LogP contribution is -2.48. The minimum absolute atomic E-state index is 0.237. The average molecular weight is 452 g/mol. The van der Waals surface area contributed by atoms with Crippen molar-refractivity contribution in [2.45, 2.75) is 50.9 Å². The lowest BCUT2D eigenvalue weighted by molar-refractivity contribution is 0.0712. The number of nitrogens with zero attached hydrogens (tertiary/aromatic N) is 5. The fourth-order valence-electron chi connectivity index (χ4n) is 4.92. The first-order chi connectivity index (χ1) is 16.1. The number of hydrogen-bond acceptors (Lipinski definition) is 7. The number of ether oxygens (including phenoxy) is 2. The van der Waals surface area contributed by atoms with E-state index < -0.39 is 0 Å². The van der Waals surface area contributed by atoms with Crippen molar-refractivity contribution in [3.63, 3.8) is 0 Å². The monoisotopic (exact) mass is 451 g/mol. The zero-order valence-electron chi connectivity index (χ0n) is 19.1. The quantitative estimate of drug-likeness (QED) is 0.672. The molecular formula is C25H30FN5O2. The zero-order valence-corrected chi connectivity index (χ0v) is 19.1. The van der Waals surface area contributed by atoms with Gasteiger partial charge in [0.2, 0.25) is 0 Å². The molecule has 0 N–H and O–H groups in total. The zero-order chi connectivity index (χ0) is 22.4. The number of hydrogen-bond donors (Lipinski definition) is 0. The molecule has 7 nitrogen and oxygen atoms in total. The van der Waals surface area contributed by atoms with E-state index in [4.69, 9.17) is 9.47 Å². The van der Waals surface area contributed by atoms with Gasteiger partial charge in [0.05, 0.1) is 24.1 Å². The van der Waals surface area contributed by atoms with Crippen LogP contribution >= 0.6 is 0 Å². The summed E-state index contributed by atoms with van der Waals surface area (Å²) in [6, 6.07) is 5.36. The Kier molecular flexibility index (Phi) is 5.30. The number of rotatable bonds is 6. The van der Waals surface area contributed by atoms with Crippen LogP contribution in [0.25, 0.3) is 0 Å². The van der Waals surface area contributed by atoms with Gasteiger partial charge in [0.25, 0.3) is 0 Å². The standard InChI is InChI=1S/C25H30FN5O2/c1-25(4-5-25)33-22-12-19-17(11-20(22)26)14-27-24(19)21-13-23(29-16-28-21)31-8-6-30(7-9-31)15-18-3-2-10-32-18/h11-13,16,18H,2-10,14-15H2,1H3. The van der Waals surface area contributed by atoms with E-state index in [1.54, 1.807) is 18.5 Å². The molecule has 3 fully saturated rings. The summed E-state index contributed by atoms with van der Waals surface area (Å²) in [5.41, 5.74) is 3.10. The number of piperazine rings is 1. The molecule has 1 aromatic heterocycles. The first-order valence-electron chi connectivity index (χ1n) is 12.0. The summed E-state index contributed by atoms with van der Waals surface area (Å²) in [5, 5.41) is 0. The molecule has 4 heterocycles. The van der Waals surface area contributed by atoms with E-state index in [1.807, 2.05) is 13.0 Å². The molecule has 8 heteroatoms. The molecular weight excluding hydrogens is 421 g/mol. The number of fused-ring (bicyclic) bond motifs is 1. The first-order valence-corrected chi connectivity index (χ1v) is 12.0. The summed E-state index contributed by atoms with van der Waals surface area (Å²) >= 11 is 0. The smallest absolute Gasteiger partial charge is 0.165 e. The Bertz CT molecular complexity index is 1070. The maximum Gasteiger partial charge on any atom is 0.165 e. The van der Waals surface area contributed by atoms with Gasteiger partial charge in [-0.2, -0.15) is 0 Å². The van der Waals surface area contributed by atoms with E-state index in [0.29, 0.717) is 18.4 Å². The molecule has 33 heavy (non-hydrogen) atoms. The molecule has 2 saturated heterocycles. The van der Waals surface area contributed by atoms with Crippen LogP contribution in [0.3, 0.4) is 0 Å². The van der Waals surface area contributed by atoms with Crippen molar-refractivity contribution in [1.82, 2.24) is 14.9 Å². The molecule has 0 spiro atoms. The highest BCUT2D eigenvalue weighted by atomic mass is 19.1. The second kappa shape index (κ2) is 8.33. The highest BCUT2D eigenvalue weighted by Crippen LogP contribution is 2.41. The maximum atomic E-state index is 14.6. The SMILES string of the molecule is CC1(Oc2cc3c(cc2F)CN=C3c2cc(N3CCN(CC4CCCO4)CC3)ncn2)CC1. The van der Waals surface area contributed by atoms with Gasteiger partial charge in [-0.3, -0.25) is 9.89 Å².